The first-order valence-electron chi connectivity index (χ1n) is 11.9. The van der Waals surface area contributed by atoms with E-state index in [0.29, 0.717) is 39.9 Å². The van der Waals surface area contributed by atoms with Gasteiger partial charge >= 0.3 is 5.69 Å². The minimum Gasteiger partial charge on any atom is -0.341 e. The molecule has 2 N–H and O–H groups in total. The van der Waals surface area contributed by atoms with E-state index in [1.54, 1.807) is 13.0 Å². The van der Waals surface area contributed by atoms with Crippen molar-refractivity contribution in [2.24, 2.45) is 5.73 Å². The van der Waals surface area contributed by atoms with Crippen LogP contribution < -0.4 is 21.9 Å². The summed E-state index contributed by atoms with van der Waals surface area (Å²) < 4.78 is 4.53. The highest BCUT2D eigenvalue weighted by Crippen LogP contribution is 2.25. The topological polar surface area (TPSA) is 91.1 Å². The minimum atomic E-state index is -0.480. The maximum Gasteiger partial charge on any atom is 0.337 e. The predicted molar refractivity (Wildman–Crippen MR) is 143 cm³/mol. The van der Waals surface area contributed by atoms with Crippen LogP contribution in [0.2, 0.25) is 5.02 Å². The van der Waals surface area contributed by atoms with Crippen LogP contribution in [0, 0.1) is 11.8 Å². The number of rotatable bonds is 5. The number of hydrogen-bond acceptors (Lipinski definition) is 5. The molecule has 1 aliphatic heterocycles. The van der Waals surface area contributed by atoms with E-state index in [0.717, 1.165) is 19.4 Å². The largest absolute Gasteiger partial charge is 0.341 e. The highest BCUT2D eigenvalue weighted by molar-refractivity contribution is 6.31. The van der Waals surface area contributed by atoms with Gasteiger partial charge in [-0.1, -0.05) is 53.9 Å². The summed E-state index contributed by atoms with van der Waals surface area (Å²) in [5.41, 5.74) is 7.28. The van der Waals surface area contributed by atoms with Crippen molar-refractivity contribution in [1.29, 1.82) is 0 Å². The number of hydrogen-bond donors (Lipinski definition) is 1. The van der Waals surface area contributed by atoms with E-state index in [9.17, 15) is 9.59 Å². The Morgan fingerprint density at radius 1 is 1.08 bits per heavy atom. The standard InChI is InChI=1S/C27H27ClN6O2/c1-2-3-16-32-23-24(30-26(32)31-15-9-11-20(29)18-31)34(21-12-5-4-6-13-21)27(36)33(25(23)35)17-19-10-7-8-14-22(19)28/h4-8,10,12-14,20H,9,11,15-18,29H2,1H3/t20-/m1/s1. The zero-order valence-electron chi connectivity index (χ0n) is 20.0. The van der Waals surface area contributed by atoms with Crippen LogP contribution in [-0.2, 0) is 13.1 Å². The molecule has 0 bridgehead atoms. The zero-order valence-corrected chi connectivity index (χ0v) is 20.8. The number of imidazole rings is 1. The fourth-order valence-corrected chi connectivity index (χ4v) is 4.90. The van der Waals surface area contributed by atoms with Crippen LogP contribution in [0.15, 0.2) is 64.2 Å². The molecular formula is C27H27ClN6O2. The summed E-state index contributed by atoms with van der Waals surface area (Å²) in [6, 6.07) is 16.4. The third-order valence-corrected chi connectivity index (χ3v) is 6.83. The SMILES string of the molecule is CC#CCn1c(N2CCC[C@@H](N)C2)nc2c1c(=O)n(Cc1ccccc1Cl)c(=O)n2-c1ccccc1. The van der Waals surface area contributed by atoms with Crippen LogP contribution in [0.1, 0.15) is 25.3 Å². The smallest absolute Gasteiger partial charge is 0.337 e. The second kappa shape index (κ2) is 10.1. The fourth-order valence-electron chi connectivity index (χ4n) is 4.71. The molecule has 2 aromatic heterocycles. The molecule has 3 heterocycles. The lowest BCUT2D eigenvalue weighted by Crippen LogP contribution is -2.44. The molecule has 0 spiro atoms. The Kier molecular flexibility index (Phi) is 6.68. The zero-order chi connectivity index (χ0) is 25.2. The molecule has 184 valence electrons. The summed E-state index contributed by atoms with van der Waals surface area (Å²) >= 11 is 6.39. The van der Waals surface area contributed by atoms with Crippen molar-refractivity contribution in [3.63, 3.8) is 0 Å². The average molecular weight is 503 g/mol. The molecule has 1 fully saturated rings. The van der Waals surface area contributed by atoms with Gasteiger partial charge in [-0.25, -0.2) is 9.36 Å². The summed E-state index contributed by atoms with van der Waals surface area (Å²) in [4.78, 5) is 34.8. The summed E-state index contributed by atoms with van der Waals surface area (Å²) in [5, 5.41) is 0.489. The summed E-state index contributed by atoms with van der Waals surface area (Å²) in [6.07, 6.45) is 1.86. The van der Waals surface area contributed by atoms with Gasteiger partial charge in [0, 0.05) is 24.2 Å². The number of benzene rings is 2. The van der Waals surface area contributed by atoms with Crippen molar-refractivity contribution < 1.29 is 0 Å². The highest BCUT2D eigenvalue weighted by atomic mass is 35.5. The number of nitrogens with zero attached hydrogens (tertiary/aromatic N) is 5. The maximum absolute atomic E-state index is 13.9. The molecule has 5 rings (SSSR count). The molecule has 0 unspecified atom stereocenters. The van der Waals surface area contributed by atoms with Crippen molar-refractivity contribution >= 4 is 28.7 Å². The van der Waals surface area contributed by atoms with Crippen LogP contribution in [0.5, 0.6) is 0 Å². The molecule has 9 heteroatoms. The van der Waals surface area contributed by atoms with Crippen LogP contribution in [0.25, 0.3) is 16.9 Å². The van der Waals surface area contributed by atoms with Gasteiger partial charge in [0.1, 0.15) is 0 Å². The Bertz CT molecular complexity index is 1590. The Hall–Kier alpha value is -3.80. The second-order valence-corrected chi connectivity index (χ2v) is 9.29. The van der Waals surface area contributed by atoms with E-state index < -0.39 is 11.2 Å². The van der Waals surface area contributed by atoms with Gasteiger partial charge < -0.3 is 10.6 Å². The Labute approximate surface area is 213 Å². The Balaban J connectivity index is 1.84. The molecule has 0 aliphatic carbocycles. The maximum atomic E-state index is 13.9. The monoisotopic (exact) mass is 502 g/mol. The first-order valence-corrected chi connectivity index (χ1v) is 12.3. The van der Waals surface area contributed by atoms with E-state index in [1.807, 2.05) is 53.1 Å². The third-order valence-electron chi connectivity index (χ3n) is 6.47. The van der Waals surface area contributed by atoms with Crippen LogP contribution >= 0.6 is 11.6 Å². The van der Waals surface area contributed by atoms with Crippen molar-refractivity contribution in [3.8, 4) is 17.5 Å². The Morgan fingerprint density at radius 2 is 1.83 bits per heavy atom. The number of piperidine rings is 1. The lowest BCUT2D eigenvalue weighted by molar-refractivity contribution is 0.496. The molecule has 36 heavy (non-hydrogen) atoms. The van der Waals surface area contributed by atoms with Crippen LogP contribution in [-0.4, -0.2) is 37.8 Å². The lowest BCUT2D eigenvalue weighted by atomic mass is 10.1. The minimum absolute atomic E-state index is 0.0115. The number of nitrogens with two attached hydrogens (primary N) is 1. The van der Waals surface area contributed by atoms with Gasteiger partial charge in [0.2, 0.25) is 5.95 Å². The van der Waals surface area contributed by atoms with Crippen LogP contribution in [0.4, 0.5) is 5.95 Å². The molecule has 0 amide bonds. The molecule has 4 aromatic rings. The highest BCUT2D eigenvalue weighted by Gasteiger charge is 2.27. The van der Waals surface area contributed by atoms with Gasteiger partial charge in [0.05, 0.1) is 18.8 Å². The number of anilines is 1. The average Bonchev–Trinajstić information content (AvgIpc) is 3.26. The Morgan fingerprint density at radius 3 is 2.56 bits per heavy atom. The number of aromatic nitrogens is 4. The van der Waals surface area contributed by atoms with E-state index in [4.69, 9.17) is 22.3 Å². The van der Waals surface area contributed by atoms with Crippen molar-refractivity contribution in [1.82, 2.24) is 18.7 Å². The van der Waals surface area contributed by atoms with Crippen molar-refractivity contribution in [3.05, 3.63) is 86.0 Å². The fraction of sp³-hybridized carbons (Fsp3) is 0.296. The molecule has 8 nitrogen and oxygen atoms in total. The van der Waals surface area contributed by atoms with Gasteiger partial charge in [0.25, 0.3) is 5.56 Å². The van der Waals surface area contributed by atoms with E-state index in [2.05, 4.69) is 16.7 Å². The van der Waals surface area contributed by atoms with E-state index in [1.165, 1.54) is 9.13 Å². The van der Waals surface area contributed by atoms with Gasteiger partial charge in [-0.05, 0) is 43.5 Å². The summed E-state index contributed by atoms with van der Waals surface area (Å²) in [5.74, 6) is 6.58. The second-order valence-electron chi connectivity index (χ2n) is 8.88. The van der Waals surface area contributed by atoms with E-state index in [-0.39, 0.29) is 19.1 Å². The lowest BCUT2D eigenvalue weighted by Gasteiger charge is -2.31. The molecule has 0 radical (unpaired) electrons. The predicted octanol–water partition coefficient (Wildman–Crippen LogP) is 3.00. The van der Waals surface area contributed by atoms with Gasteiger partial charge in [-0.15, -0.1) is 5.92 Å². The normalized spacial score (nSPS) is 15.6. The molecule has 0 saturated carbocycles. The number of fused-ring (bicyclic) bond motifs is 1. The quantitative estimate of drug-likeness (QED) is 0.424. The number of para-hydroxylation sites is 1. The van der Waals surface area contributed by atoms with Gasteiger partial charge in [0.15, 0.2) is 11.2 Å². The van der Waals surface area contributed by atoms with E-state index >= 15 is 0 Å². The third kappa shape index (κ3) is 4.32. The summed E-state index contributed by atoms with van der Waals surface area (Å²) in [6.45, 7) is 3.44. The number of halogens is 1. The molecule has 2 aromatic carbocycles. The first-order chi connectivity index (χ1) is 17.5. The van der Waals surface area contributed by atoms with Gasteiger partial charge in [-0.3, -0.25) is 13.9 Å². The first kappa shape index (κ1) is 23.9. The van der Waals surface area contributed by atoms with Gasteiger partial charge in [-0.2, -0.15) is 4.98 Å². The molecule has 1 atom stereocenters. The molecule has 1 saturated heterocycles. The molecule has 1 aliphatic rings. The summed E-state index contributed by atoms with van der Waals surface area (Å²) in [7, 11) is 0. The van der Waals surface area contributed by atoms with Crippen molar-refractivity contribution in [2.45, 2.75) is 38.9 Å². The molecular weight excluding hydrogens is 476 g/mol. The van der Waals surface area contributed by atoms with Crippen molar-refractivity contribution in [2.75, 3.05) is 18.0 Å². The van der Waals surface area contributed by atoms with Crippen LogP contribution in [0.3, 0.4) is 0 Å².